The number of carbonyl (C=O) groups is 1. The molecule has 0 atom stereocenters. The van der Waals surface area contributed by atoms with E-state index in [4.69, 9.17) is 0 Å². The number of piperazine rings is 2. The normalized spacial score (nSPS) is 19.6. The van der Waals surface area contributed by atoms with E-state index in [2.05, 4.69) is 27.4 Å². The second kappa shape index (κ2) is 9.11. The molecule has 156 valence electrons. The van der Waals surface area contributed by atoms with Gasteiger partial charge in [-0.3, -0.25) is 4.90 Å². The van der Waals surface area contributed by atoms with E-state index in [1.54, 1.807) is 11.0 Å². The van der Waals surface area contributed by atoms with Gasteiger partial charge in [-0.2, -0.15) is 13.2 Å². The zero-order valence-electron chi connectivity index (χ0n) is 16.2. The van der Waals surface area contributed by atoms with Crippen LogP contribution in [0.2, 0.25) is 0 Å². The molecule has 3 rings (SSSR count). The van der Waals surface area contributed by atoms with Gasteiger partial charge >= 0.3 is 12.2 Å². The Morgan fingerprint density at radius 2 is 1.71 bits per heavy atom. The lowest BCUT2D eigenvalue weighted by molar-refractivity contribution is -0.138. The van der Waals surface area contributed by atoms with Crippen molar-refractivity contribution in [2.75, 3.05) is 64.2 Å². The molecule has 0 unspecified atom stereocenters. The molecule has 0 radical (unpaired) electrons. The Morgan fingerprint density at radius 3 is 2.32 bits per heavy atom. The summed E-state index contributed by atoms with van der Waals surface area (Å²) in [7, 11) is 0. The number of carbonyl (C=O) groups excluding carboxylic acids is 1. The first-order chi connectivity index (χ1) is 13.4. The SMILES string of the molecule is CCN1CCN(Cc2ccc(NC(=O)N3CCNCC3)cc2C(F)(F)F)CC1. The lowest BCUT2D eigenvalue weighted by Gasteiger charge is -2.34. The van der Waals surface area contributed by atoms with Crippen LogP contribution in [0.25, 0.3) is 0 Å². The van der Waals surface area contributed by atoms with Crippen molar-refractivity contribution in [3.63, 3.8) is 0 Å². The van der Waals surface area contributed by atoms with Crippen LogP contribution in [0.15, 0.2) is 18.2 Å². The number of hydrogen-bond donors (Lipinski definition) is 2. The van der Waals surface area contributed by atoms with Crippen LogP contribution in [0.3, 0.4) is 0 Å². The molecule has 0 saturated carbocycles. The molecule has 2 aliphatic rings. The van der Waals surface area contributed by atoms with E-state index in [0.717, 1.165) is 38.8 Å². The lowest BCUT2D eigenvalue weighted by atomic mass is 10.0. The summed E-state index contributed by atoms with van der Waals surface area (Å²) in [5.41, 5.74) is -0.253. The first kappa shape index (κ1) is 20.9. The molecule has 6 nitrogen and oxygen atoms in total. The van der Waals surface area contributed by atoms with Gasteiger partial charge in [0.05, 0.1) is 5.56 Å². The molecule has 0 aliphatic carbocycles. The highest BCUT2D eigenvalue weighted by Crippen LogP contribution is 2.34. The van der Waals surface area contributed by atoms with Crippen LogP contribution < -0.4 is 10.6 Å². The van der Waals surface area contributed by atoms with Gasteiger partial charge in [0, 0.05) is 64.6 Å². The van der Waals surface area contributed by atoms with Crippen LogP contribution in [0.1, 0.15) is 18.1 Å². The van der Waals surface area contributed by atoms with Gasteiger partial charge in [0.25, 0.3) is 0 Å². The first-order valence-corrected chi connectivity index (χ1v) is 9.78. The zero-order valence-corrected chi connectivity index (χ0v) is 16.2. The predicted molar refractivity (Wildman–Crippen MR) is 102 cm³/mol. The Balaban J connectivity index is 1.70. The Hall–Kier alpha value is -1.84. The van der Waals surface area contributed by atoms with E-state index >= 15 is 0 Å². The van der Waals surface area contributed by atoms with Crippen LogP contribution >= 0.6 is 0 Å². The standard InChI is InChI=1S/C19H28F3N5O/c1-2-25-9-11-26(12-10-25)14-15-3-4-16(13-17(15)19(20,21)22)24-18(28)27-7-5-23-6-8-27/h3-4,13,23H,2,5-12,14H2,1H3,(H,24,28). The fraction of sp³-hybridized carbons (Fsp3) is 0.632. The summed E-state index contributed by atoms with van der Waals surface area (Å²) in [6.45, 7) is 9.02. The van der Waals surface area contributed by atoms with Crippen molar-refractivity contribution >= 4 is 11.7 Å². The molecule has 1 aromatic carbocycles. The van der Waals surface area contributed by atoms with Crippen molar-refractivity contribution in [3.8, 4) is 0 Å². The summed E-state index contributed by atoms with van der Waals surface area (Å²) in [5, 5.41) is 5.74. The van der Waals surface area contributed by atoms with E-state index in [1.807, 2.05) is 0 Å². The van der Waals surface area contributed by atoms with Gasteiger partial charge in [-0.05, 0) is 24.2 Å². The maximum atomic E-state index is 13.6. The number of urea groups is 1. The van der Waals surface area contributed by atoms with E-state index < -0.39 is 11.7 Å². The number of hydrogen-bond acceptors (Lipinski definition) is 4. The molecule has 1 aromatic rings. The third-order valence-electron chi connectivity index (χ3n) is 5.38. The summed E-state index contributed by atoms with van der Waals surface area (Å²) < 4.78 is 40.9. The van der Waals surface area contributed by atoms with E-state index in [1.165, 1.54) is 6.07 Å². The number of amides is 2. The predicted octanol–water partition coefficient (Wildman–Crippen LogP) is 2.28. The number of likely N-dealkylation sites (N-methyl/N-ethyl adjacent to an activating group) is 1. The van der Waals surface area contributed by atoms with Crippen LogP contribution in [0.4, 0.5) is 23.7 Å². The fourth-order valence-corrected chi connectivity index (χ4v) is 3.63. The van der Waals surface area contributed by atoms with Crippen molar-refractivity contribution in [2.24, 2.45) is 0 Å². The van der Waals surface area contributed by atoms with Crippen molar-refractivity contribution in [1.82, 2.24) is 20.0 Å². The van der Waals surface area contributed by atoms with Crippen molar-refractivity contribution in [2.45, 2.75) is 19.6 Å². The maximum absolute atomic E-state index is 13.6. The highest BCUT2D eigenvalue weighted by molar-refractivity contribution is 5.89. The average Bonchev–Trinajstić information content (AvgIpc) is 2.69. The summed E-state index contributed by atoms with van der Waals surface area (Å²) in [6, 6.07) is 3.74. The molecule has 9 heteroatoms. The number of anilines is 1. The zero-order chi connectivity index (χ0) is 20.1. The van der Waals surface area contributed by atoms with Gasteiger partial charge < -0.3 is 20.4 Å². The second-order valence-corrected chi connectivity index (χ2v) is 7.25. The van der Waals surface area contributed by atoms with Crippen LogP contribution in [-0.2, 0) is 12.7 Å². The monoisotopic (exact) mass is 399 g/mol. The Morgan fingerprint density at radius 1 is 1.07 bits per heavy atom. The molecule has 2 saturated heterocycles. The van der Waals surface area contributed by atoms with Crippen LogP contribution in [0, 0.1) is 0 Å². The summed E-state index contributed by atoms with van der Waals surface area (Å²) in [4.78, 5) is 18.2. The number of benzene rings is 1. The van der Waals surface area contributed by atoms with Gasteiger partial charge in [-0.15, -0.1) is 0 Å². The number of halogens is 3. The smallest absolute Gasteiger partial charge is 0.322 e. The Kier molecular flexibility index (Phi) is 6.79. The molecule has 0 aromatic heterocycles. The summed E-state index contributed by atoms with van der Waals surface area (Å²) in [5.74, 6) is 0. The molecular weight excluding hydrogens is 371 g/mol. The average molecular weight is 399 g/mol. The number of alkyl halides is 3. The van der Waals surface area contributed by atoms with Crippen molar-refractivity contribution in [1.29, 1.82) is 0 Å². The minimum absolute atomic E-state index is 0.176. The molecule has 2 aliphatic heterocycles. The van der Waals surface area contributed by atoms with Gasteiger partial charge in [-0.1, -0.05) is 13.0 Å². The van der Waals surface area contributed by atoms with E-state index in [-0.39, 0.29) is 23.8 Å². The quantitative estimate of drug-likeness (QED) is 0.816. The summed E-state index contributed by atoms with van der Waals surface area (Å²) >= 11 is 0. The minimum atomic E-state index is -4.46. The number of nitrogens with one attached hydrogen (secondary N) is 2. The van der Waals surface area contributed by atoms with Crippen LogP contribution in [0.5, 0.6) is 0 Å². The first-order valence-electron chi connectivity index (χ1n) is 9.78. The third-order valence-corrected chi connectivity index (χ3v) is 5.38. The van der Waals surface area contributed by atoms with Gasteiger partial charge in [0.15, 0.2) is 0 Å². The van der Waals surface area contributed by atoms with Gasteiger partial charge in [0.1, 0.15) is 0 Å². The highest BCUT2D eigenvalue weighted by atomic mass is 19.4. The molecule has 2 amide bonds. The molecule has 0 spiro atoms. The number of nitrogens with zero attached hydrogens (tertiary/aromatic N) is 3. The summed E-state index contributed by atoms with van der Waals surface area (Å²) in [6.07, 6.45) is -4.46. The van der Waals surface area contributed by atoms with E-state index in [0.29, 0.717) is 26.2 Å². The van der Waals surface area contributed by atoms with Crippen molar-refractivity contribution in [3.05, 3.63) is 29.3 Å². The maximum Gasteiger partial charge on any atom is 0.416 e. The molecule has 28 heavy (non-hydrogen) atoms. The lowest BCUT2D eigenvalue weighted by Crippen LogP contribution is -2.48. The molecular formula is C19H28F3N5O. The largest absolute Gasteiger partial charge is 0.416 e. The van der Waals surface area contributed by atoms with Gasteiger partial charge in [-0.25, -0.2) is 4.79 Å². The molecule has 2 heterocycles. The third kappa shape index (κ3) is 5.36. The number of rotatable bonds is 4. The minimum Gasteiger partial charge on any atom is -0.322 e. The topological polar surface area (TPSA) is 50.9 Å². The van der Waals surface area contributed by atoms with E-state index in [9.17, 15) is 18.0 Å². The Labute approximate surface area is 163 Å². The molecule has 2 N–H and O–H groups in total. The fourth-order valence-electron chi connectivity index (χ4n) is 3.63. The molecule has 0 bridgehead atoms. The highest BCUT2D eigenvalue weighted by Gasteiger charge is 2.34. The second-order valence-electron chi connectivity index (χ2n) is 7.25. The van der Waals surface area contributed by atoms with Gasteiger partial charge in [0.2, 0.25) is 0 Å². The Bertz CT molecular complexity index is 668. The molecule has 2 fully saturated rings. The van der Waals surface area contributed by atoms with Crippen molar-refractivity contribution < 1.29 is 18.0 Å². The van der Waals surface area contributed by atoms with Crippen LogP contribution in [-0.4, -0.2) is 79.6 Å².